The lowest BCUT2D eigenvalue weighted by Gasteiger charge is -2.10. The molecule has 0 aliphatic heterocycles. The summed E-state index contributed by atoms with van der Waals surface area (Å²) in [4.78, 5) is 12.2. The highest BCUT2D eigenvalue weighted by atomic mass is 32.2. The molecule has 1 heterocycles. The first-order chi connectivity index (χ1) is 13.7. The third-order valence-corrected chi connectivity index (χ3v) is 5.96. The lowest BCUT2D eigenvalue weighted by molar-refractivity contribution is 0.0949. The molecule has 3 aromatic rings. The maximum absolute atomic E-state index is 13.4. The topological polar surface area (TPSA) is 109 Å². The minimum Gasteiger partial charge on any atom is -0.345 e. The molecule has 0 unspecified atom stereocenters. The van der Waals surface area contributed by atoms with Gasteiger partial charge < -0.3 is 9.88 Å². The summed E-state index contributed by atoms with van der Waals surface area (Å²) in [5.41, 5.74) is 0.855. The van der Waals surface area contributed by atoms with Gasteiger partial charge in [0.1, 0.15) is 5.82 Å². The zero-order valence-electron chi connectivity index (χ0n) is 15.6. The number of aryl methyl sites for hydroxylation is 1. The second kappa shape index (κ2) is 8.13. The van der Waals surface area contributed by atoms with Crippen LogP contribution >= 0.6 is 12.2 Å². The van der Waals surface area contributed by atoms with Crippen LogP contribution in [0.2, 0.25) is 0 Å². The molecule has 0 atom stereocenters. The Morgan fingerprint density at radius 1 is 1.24 bits per heavy atom. The van der Waals surface area contributed by atoms with Gasteiger partial charge in [-0.1, -0.05) is 0 Å². The van der Waals surface area contributed by atoms with E-state index in [1.54, 1.807) is 11.6 Å². The van der Waals surface area contributed by atoms with Crippen LogP contribution in [0.25, 0.3) is 0 Å². The first kappa shape index (κ1) is 20.7. The highest BCUT2D eigenvalue weighted by Crippen LogP contribution is 2.19. The van der Waals surface area contributed by atoms with Crippen molar-refractivity contribution in [1.82, 2.24) is 20.1 Å². The predicted octanol–water partition coefficient (Wildman–Crippen LogP) is 2.66. The lowest BCUT2D eigenvalue weighted by atomic mass is 10.2. The number of carbonyl (C=O) groups excluding carboxylic acids is 1. The Morgan fingerprint density at radius 3 is 2.52 bits per heavy atom. The molecule has 8 nitrogen and oxygen atoms in total. The number of hydrogen-bond donors (Lipinski definition) is 3. The monoisotopic (exact) mass is 435 g/mol. The third-order valence-electron chi connectivity index (χ3n) is 4.22. The number of nitrogens with one attached hydrogen (secondary N) is 3. The van der Waals surface area contributed by atoms with Crippen molar-refractivity contribution in [3.8, 4) is 0 Å². The van der Waals surface area contributed by atoms with E-state index in [1.807, 2.05) is 0 Å². The summed E-state index contributed by atoms with van der Waals surface area (Å²) in [5.74, 6) is -0.253. The molecular weight excluding hydrogens is 417 g/mol. The number of hydrogen-bond acceptors (Lipinski definition) is 5. The average molecular weight is 436 g/mol. The second-order valence-electron chi connectivity index (χ2n) is 6.28. The van der Waals surface area contributed by atoms with Crippen LogP contribution < -0.4 is 10.0 Å². The summed E-state index contributed by atoms with van der Waals surface area (Å²) in [5, 5.41) is 9.35. The summed E-state index contributed by atoms with van der Waals surface area (Å²) in [6, 6.07) is 9.47. The Hall–Kier alpha value is -3.05. The number of carbonyl (C=O) groups is 1. The van der Waals surface area contributed by atoms with Gasteiger partial charge in [0.25, 0.3) is 15.9 Å². The molecule has 0 saturated heterocycles. The number of amides is 1. The van der Waals surface area contributed by atoms with Crippen molar-refractivity contribution < 1.29 is 17.6 Å². The third kappa shape index (κ3) is 4.69. The fourth-order valence-corrected chi connectivity index (χ4v) is 3.78. The van der Waals surface area contributed by atoms with Gasteiger partial charge in [-0.15, -0.1) is 0 Å². The highest BCUT2D eigenvalue weighted by molar-refractivity contribution is 7.92. The van der Waals surface area contributed by atoms with E-state index in [1.165, 1.54) is 43.3 Å². The summed E-state index contributed by atoms with van der Waals surface area (Å²) in [6.07, 6.45) is 0. The highest BCUT2D eigenvalue weighted by Gasteiger charge is 2.16. The molecule has 29 heavy (non-hydrogen) atoms. The number of H-pyrrole nitrogens is 1. The molecular formula is C18H18FN5O3S2. The maximum atomic E-state index is 13.4. The number of nitrogens with zero attached hydrogens (tertiary/aromatic N) is 2. The van der Waals surface area contributed by atoms with Crippen LogP contribution in [-0.2, 0) is 23.6 Å². The Kier molecular flexibility index (Phi) is 5.80. The van der Waals surface area contributed by atoms with Gasteiger partial charge >= 0.3 is 0 Å². The fourth-order valence-electron chi connectivity index (χ4n) is 2.49. The Bertz CT molecular complexity index is 1220. The van der Waals surface area contributed by atoms with E-state index in [0.717, 1.165) is 6.07 Å². The van der Waals surface area contributed by atoms with Crippen molar-refractivity contribution >= 4 is 33.8 Å². The fraction of sp³-hybridized carbons (Fsp3) is 0.167. The standard InChI is InChI=1S/C18H18FN5O3S2/c1-11-9-14(7-8-15(11)19)29(26,27)23-13-5-3-12(4-6-13)17(25)20-10-16-21-22-18(28)24(16)2/h3-9,23H,10H2,1-2H3,(H,20,25)(H,22,28). The van der Waals surface area contributed by atoms with E-state index in [-0.39, 0.29) is 28.6 Å². The lowest BCUT2D eigenvalue weighted by Crippen LogP contribution is -2.24. The number of sulfonamides is 1. The van der Waals surface area contributed by atoms with Crippen molar-refractivity contribution in [2.45, 2.75) is 18.4 Å². The molecule has 1 aromatic heterocycles. The number of anilines is 1. The zero-order valence-corrected chi connectivity index (χ0v) is 17.2. The van der Waals surface area contributed by atoms with Gasteiger partial charge in [-0.05, 0) is 67.2 Å². The van der Waals surface area contributed by atoms with Gasteiger partial charge in [-0.25, -0.2) is 12.8 Å². The molecule has 0 aliphatic carbocycles. The van der Waals surface area contributed by atoms with Crippen LogP contribution in [0, 0.1) is 17.5 Å². The predicted molar refractivity (Wildman–Crippen MR) is 108 cm³/mol. The van der Waals surface area contributed by atoms with Crippen LogP contribution in [0.3, 0.4) is 0 Å². The van der Waals surface area contributed by atoms with E-state index in [9.17, 15) is 17.6 Å². The SMILES string of the molecule is Cc1cc(S(=O)(=O)Nc2ccc(C(=O)NCc3n[nH]c(=S)n3C)cc2)ccc1F. The van der Waals surface area contributed by atoms with E-state index in [0.29, 0.717) is 16.2 Å². The first-order valence-corrected chi connectivity index (χ1v) is 10.3. The van der Waals surface area contributed by atoms with E-state index in [2.05, 4.69) is 20.2 Å². The molecule has 0 spiro atoms. The molecule has 0 radical (unpaired) electrons. The molecule has 1 amide bonds. The minimum atomic E-state index is -3.88. The van der Waals surface area contributed by atoms with Gasteiger partial charge in [-0.2, -0.15) is 5.10 Å². The van der Waals surface area contributed by atoms with Crippen LogP contribution in [0.15, 0.2) is 47.4 Å². The van der Waals surface area contributed by atoms with Crippen molar-refractivity contribution in [3.63, 3.8) is 0 Å². The number of aromatic nitrogens is 3. The van der Waals surface area contributed by atoms with Crippen LogP contribution in [0.5, 0.6) is 0 Å². The molecule has 3 rings (SSSR count). The zero-order chi connectivity index (χ0) is 21.2. The largest absolute Gasteiger partial charge is 0.345 e. The molecule has 0 aliphatic rings. The Balaban J connectivity index is 1.67. The molecule has 0 saturated carbocycles. The van der Waals surface area contributed by atoms with Gasteiger partial charge in [0, 0.05) is 18.3 Å². The number of aromatic amines is 1. The molecule has 0 bridgehead atoms. The summed E-state index contributed by atoms with van der Waals surface area (Å²) >= 11 is 5.01. The summed E-state index contributed by atoms with van der Waals surface area (Å²) in [6.45, 7) is 1.67. The van der Waals surface area contributed by atoms with Crippen molar-refractivity contribution in [3.05, 3.63) is 70.0 Å². The first-order valence-electron chi connectivity index (χ1n) is 8.45. The van der Waals surface area contributed by atoms with E-state index in [4.69, 9.17) is 12.2 Å². The summed E-state index contributed by atoms with van der Waals surface area (Å²) < 4.78 is 42.7. The van der Waals surface area contributed by atoms with Crippen LogP contribution in [0.1, 0.15) is 21.7 Å². The molecule has 11 heteroatoms. The molecule has 0 fully saturated rings. The summed E-state index contributed by atoms with van der Waals surface area (Å²) in [7, 11) is -2.14. The van der Waals surface area contributed by atoms with Crippen LogP contribution in [-0.4, -0.2) is 29.1 Å². The number of halogens is 1. The average Bonchev–Trinajstić information content (AvgIpc) is 3.00. The van der Waals surface area contributed by atoms with Gasteiger partial charge in [-0.3, -0.25) is 14.6 Å². The Morgan fingerprint density at radius 2 is 1.93 bits per heavy atom. The van der Waals surface area contributed by atoms with Crippen LogP contribution in [0.4, 0.5) is 10.1 Å². The minimum absolute atomic E-state index is 0.0498. The normalized spacial score (nSPS) is 11.3. The Labute approximate surface area is 171 Å². The molecule has 3 N–H and O–H groups in total. The smallest absolute Gasteiger partial charge is 0.261 e. The molecule has 2 aromatic carbocycles. The van der Waals surface area contributed by atoms with Gasteiger partial charge in [0.15, 0.2) is 10.6 Å². The van der Waals surface area contributed by atoms with E-state index >= 15 is 0 Å². The van der Waals surface area contributed by atoms with Crippen molar-refractivity contribution in [2.75, 3.05) is 4.72 Å². The quantitative estimate of drug-likeness (QED) is 0.516. The number of rotatable bonds is 6. The molecule has 152 valence electrons. The second-order valence-corrected chi connectivity index (χ2v) is 8.35. The number of benzene rings is 2. The van der Waals surface area contributed by atoms with Gasteiger partial charge in [0.2, 0.25) is 0 Å². The van der Waals surface area contributed by atoms with E-state index < -0.39 is 15.8 Å². The maximum Gasteiger partial charge on any atom is 0.261 e. The van der Waals surface area contributed by atoms with Gasteiger partial charge in [0.05, 0.1) is 11.4 Å². The van der Waals surface area contributed by atoms with Crippen molar-refractivity contribution in [2.24, 2.45) is 7.05 Å². The van der Waals surface area contributed by atoms with Crippen molar-refractivity contribution in [1.29, 1.82) is 0 Å².